The van der Waals surface area contributed by atoms with Crippen molar-refractivity contribution < 1.29 is 14.6 Å². The van der Waals surface area contributed by atoms with Crippen molar-refractivity contribution >= 4 is 46.0 Å². The highest BCUT2D eigenvalue weighted by Gasteiger charge is 2.55. The van der Waals surface area contributed by atoms with Crippen LogP contribution in [-0.4, -0.2) is 18.6 Å². The number of hydrogen-bond acceptors (Lipinski definition) is 5. The Bertz CT molecular complexity index is 1720. The number of Topliss-reactive ketones (excluding diaryl/α,β-unsaturated/α-hetero) is 1. The third kappa shape index (κ3) is 5.16. The summed E-state index contributed by atoms with van der Waals surface area (Å²) in [5.74, 6) is -0.856. The molecule has 43 heavy (non-hydrogen) atoms. The van der Waals surface area contributed by atoms with Crippen molar-refractivity contribution in [1.29, 1.82) is 0 Å². The van der Waals surface area contributed by atoms with Crippen LogP contribution in [-0.2, 0) is 9.53 Å². The number of hydrogen-bond donors (Lipinski definition) is 1. The quantitative estimate of drug-likeness (QED) is 0.184. The summed E-state index contributed by atoms with van der Waals surface area (Å²) in [5.41, 5.74) is 1.40. The van der Waals surface area contributed by atoms with Crippen LogP contribution < -0.4 is 26.3 Å². The summed E-state index contributed by atoms with van der Waals surface area (Å²) in [6.45, 7) is 0. The van der Waals surface area contributed by atoms with Gasteiger partial charge in [0.05, 0.1) is 18.5 Å². The zero-order valence-corrected chi connectivity index (χ0v) is 24.4. The number of para-hydroxylation sites is 2. The van der Waals surface area contributed by atoms with Crippen molar-refractivity contribution in [2.75, 3.05) is 12.4 Å². The normalized spacial score (nSPS) is 14.6. The fourth-order valence-electron chi connectivity index (χ4n) is 5.47. The summed E-state index contributed by atoms with van der Waals surface area (Å²) >= 11 is 0. The Morgan fingerprint density at radius 1 is 0.628 bits per heavy atom. The van der Waals surface area contributed by atoms with E-state index in [9.17, 15) is 4.79 Å². The molecule has 210 valence electrons. The summed E-state index contributed by atoms with van der Waals surface area (Å²) in [7, 11) is -1.60. The van der Waals surface area contributed by atoms with Crippen LogP contribution in [0.2, 0.25) is 0 Å². The lowest BCUT2D eigenvalue weighted by molar-refractivity contribution is -0.297. The van der Waals surface area contributed by atoms with E-state index in [1.54, 1.807) is 0 Å². The molecule has 0 radical (unpaired) electrons. The third-order valence-electron chi connectivity index (χ3n) is 7.33. The lowest BCUT2D eigenvalue weighted by Crippen LogP contribution is -2.41. The SMILES string of the molecule is COC1=C(Nc2ccccc2)C([O-])=C([P+](c2ccccc2)(c2ccccc2)c2ccccc2)C(=Nc2ccccc2)C1=O. The first kappa shape index (κ1) is 27.9. The molecule has 0 spiro atoms. The number of methoxy groups -OCH3 is 1. The van der Waals surface area contributed by atoms with Crippen molar-refractivity contribution in [2.24, 2.45) is 4.99 Å². The Kier molecular flexibility index (Phi) is 7.99. The second-order valence-corrected chi connectivity index (χ2v) is 13.2. The number of nitrogens with one attached hydrogen (secondary N) is 1. The molecule has 0 amide bonds. The Hall–Kier alpha value is -5.25. The highest BCUT2D eigenvalue weighted by molar-refractivity contribution is 8.00. The Morgan fingerprint density at radius 2 is 1.05 bits per heavy atom. The molecule has 0 saturated carbocycles. The average Bonchev–Trinajstić information content (AvgIpc) is 3.07. The predicted octanol–water partition coefficient (Wildman–Crippen LogP) is 5.88. The topological polar surface area (TPSA) is 73.8 Å². The molecule has 5 aromatic carbocycles. The molecule has 6 rings (SSSR count). The molecule has 5 nitrogen and oxygen atoms in total. The van der Waals surface area contributed by atoms with E-state index in [4.69, 9.17) is 9.73 Å². The van der Waals surface area contributed by atoms with Crippen LogP contribution in [0.5, 0.6) is 0 Å². The number of nitrogens with zero attached hydrogens (tertiary/aromatic N) is 1. The van der Waals surface area contributed by atoms with Gasteiger partial charge in [0.1, 0.15) is 28.5 Å². The maximum atomic E-state index is 15.2. The molecule has 0 atom stereocenters. The average molecular weight is 581 g/mol. The molecule has 0 bridgehead atoms. The molecular weight excluding hydrogens is 551 g/mol. The fourth-order valence-corrected chi connectivity index (χ4v) is 9.88. The van der Waals surface area contributed by atoms with Crippen LogP contribution in [0.4, 0.5) is 11.4 Å². The number of aliphatic imine (C=N–C) groups is 1. The smallest absolute Gasteiger partial charge is 0.252 e. The Balaban J connectivity index is 1.78. The van der Waals surface area contributed by atoms with Crippen molar-refractivity contribution in [2.45, 2.75) is 0 Å². The van der Waals surface area contributed by atoms with Crippen molar-refractivity contribution in [3.63, 3.8) is 0 Å². The van der Waals surface area contributed by atoms with Gasteiger partial charge in [0.15, 0.2) is 11.5 Å². The van der Waals surface area contributed by atoms with E-state index in [0.29, 0.717) is 16.7 Å². The number of carbonyl (C=O) groups is 1. The fraction of sp³-hybridized carbons (Fsp3) is 0.0270. The summed E-state index contributed by atoms with van der Waals surface area (Å²) in [4.78, 5) is 19.5. The summed E-state index contributed by atoms with van der Waals surface area (Å²) in [6, 6.07) is 48.5. The number of rotatable bonds is 8. The first-order chi connectivity index (χ1) is 21.1. The molecule has 0 saturated heterocycles. The second kappa shape index (κ2) is 12.3. The number of ketones is 1. The third-order valence-corrected chi connectivity index (χ3v) is 11.6. The summed E-state index contributed by atoms with van der Waals surface area (Å²) in [5, 5.41) is 21.6. The summed E-state index contributed by atoms with van der Waals surface area (Å²) < 4.78 is 5.67. The van der Waals surface area contributed by atoms with Gasteiger partial charge in [-0.05, 0) is 66.4 Å². The molecule has 0 fully saturated rings. The largest absolute Gasteiger partial charge is 0.868 e. The van der Waals surface area contributed by atoms with Crippen LogP contribution in [0.15, 0.2) is 179 Å². The molecule has 1 aliphatic carbocycles. The minimum atomic E-state index is -3.01. The van der Waals surface area contributed by atoms with E-state index in [1.165, 1.54) is 7.11 Å². The van der Waals surface area contributed by atoms with Gasteiger partial charge in [-0.25, -0.2) is 4.99 Å². The molecule has 1 N–H and O–H groups in total. The number of carbonyl (C=O) groups excluding carboxylic acids is 1. The van der Waals surface area contributed by atoms with Crippen LogP contribution in [0.25, 0.3) is 0 Å². The molecular formula is C37H29N2O3P. The molecule has 5 aromatic rings. The highest BCUT2D eigenvalue weighted by atomic mass is 31.2. The summed E-state index contributed by atoms with van der Waals surface area (Å²) in [6.07, 6.45) is 0. The van der Waals surface area contributed by atoms with Gasteiger partial charge in [-0.15, -0.1) is 0 Å². The molecule has 0 aliphatic heterocycles. The van der Waals surface area contributed by atoms with Gasteiger partial charge in [-0.3, -0.25) is 4.79 Å². The Labute approximate surface area is 251 Å². The number of benzene rings is 5. The number of allylic oxidation sites excluding steroid dienone is 2. The second-order valence-electron chi connectivity index (χ2n) is 9.88. The van der Waals surface area contributed by atoms with E-state index < -0.39 is 13.0 Å². The first-order valence-electron chi connectivity index (χ1n) is 13.9. The predicted molar refractivity (Wildman–Crippen MR) is 175 cm³/mol. The van der Waals surface area contributed by atoms with Gasteiger partial charge in [0.2, 0.25) is 0 Å². The Morgan fingerprint density at radius 3 is 1.49 bits per heavy atom. The van der Waals surface area contributed by atoms with Crippen LogP contribution >= 0.6 is 7.26 Å². The first-order valence-corrected chi connectivity index (χ1v) is 15.7. The minimum absolute atomic E-state index is 0.0698. The van der Waals surface area contributed by atoms with Gasteiger partial charge in [-0.2, -0.15) is 0 Å². The van der Waals surface area contributed by atoms with Crippen LogP contribution in [0.3, 0.4) is 0 Å². The molecule has 0 heterocycles. The maximum absolute atomic E-state index is 15.2. The lowest BCUT2D eigenvalue weighted by atomic mass is 10.0. The van der Waals surface area contributed by atoms with Gasteiger partial charge >= 0.3 is 0 Å². The van der Waals surface area contributed by atoms with Gasteiger partial charge in [0, 0.05) is 5.69 Å². The lowest BCUT2D eigenvalue weighted by Gasteiger charge is -2.36. The van der Waals surface area contributed by atoms with E-state index in [-0.39, 0.29) is 22.9 Å². The van der Waals surface area contributed by atoms with E-state index >= 15 is 5.11 Å². The van der Waals surface area contributed by atoms with Crippen molar-refractivity contribution in [3.8, 4) is 0 Å². The number of anilines is 1. The van der Waals surface area contributed by atoms with Gasteiger partial charge in [0.25, 0.3) is 5.78 Å². The van der Waals surface area contributed by atoms with Crippen molar-refractivity contribution in [1.82, 2.24) is 0 Å². The van der Waals surface area contributed by atoms with Gasteiger partial charge in [-0.1, -0.05) is 91.0 Å². The molecule has 1 aliphatic rings. The monoisotopic (exact) mass is 580 g/mol. The van der Waals surface area contributed by atoms with Crippen LogP contribution in [0.1, 0.15) is 0 Å². The zero-order valence-electron chi connectivity index (χ0n) is 23.6. The standard InChI is InChI=1S/C37H29N2O3P/c1-42-36-32(38-27-17-7-2-8-18-27)35(41)37(33(34(36)40)39-28-19-9-3-10-20-28)43(29-21-11-4-12-22-29,30-23-13-5-14-24-30)31-25-15-6-16-26-31/h2-26H,1H3,(H-,38,39,40,41). The van der Waals surface area contributed by atoms with E-state index in [2.05, 4.69) is 5.32 Å². The number of ether oxygens (including phenoxy) is 1. The van der Waals surface area contributed by atoms with Gasteiger partial charge < -0.3 is 15.2 Å². The highest BCUT2D eigenvalue weighted by Crippen LogP contribution is 2.64. The zero-order chi connectivity index (χ0) is 29.6. The van der Waals surface area contributed by atoms with Crippen molar-refractivity contribution in [3.05, 3.63) is 174 Å². The maximum Gasteiger partial charge on any atom is 0.252 e. The molecule has 6 heteroatoms. The minimum Gasteiger partial charge on any atom is -0.868 e. The van der Waals surface area contributed by atoms with Crippen LogP contribution in [0, 0.1) is 0 Å². The molecule has 0 unspecified atom stereocenters. The van der Waals surface area contributed by atoms with E-state index in [1.807, 2.05) is 152 Å². The molecule has 0 aromatic heterocycles. The van der Waals surface area contributed by atoms with E-state index in [0.717, 1.165) is 15.9 Å².